The minimum absolute atomic E-state index is 0.254. The van der Waals surface area contributed by atoms with Gasteiger partial charge < -0.3 is 5.11 Å². The van der Waals surface area contributed by atoms with Crippen molar-refractivity contribution in [3.63, 3.8) is 0 Å². The van der Waals surface area contributed by atoms with Crippen molar-refractivity contribution in [2.24, 2.45) is 4.99 Å². The Morgan fingerprint density at radius 1 is 0.789 bits per heavy atom. The topological polar surface area (TPSA) is 32.6 Å². The molecule has 2 heteroatoms. The first-order valence-corrected chi connectivity index (χ1v) is 6.13. The molecule has 0 saturated carbocycles. The predicted molar refractivity (Wildman–Crippen MR) is 79.3 cm³/mol. The van der Waals surface area contributed by atoms with E-state index in [2.05, 4.69) is 29.3 Å². The van der Waals surface area contributed by atoms with Crippen molar-refractivity contribution < 1.29 is 5.11 Å². The second-order valence-electron chi connectivity index (χ2n) is 4.38. The molecule has 92 valence electrons. The summed E-state index contributed by atoms with van der Waals surface area (Å²) < 4.78 is 0. The molecule has 3 aromatic carbocycles. The molecule has 0 radical (unpaired) electrons. The average Bonchev–Trinajstić information content (AvgIpc) is 2.46. The Labute approximate surface area is 111 Å². The van der Waals surface area contributed by atoms with Crippen LogP contribution in [0.4, 0.5) is 5.69 Å². The lowest BCUT2D eigenvalue weighted by Crippen LogP contribution is -1.81. The summed E-state index contributed by atoms with van der Waals surface area (Å²) in [6.45, 7) is 0. The van der Waals surface area contributed by atoms with Crippen molar-refractivity contribution in [1.82, 2.24) is 0 Å². The SMILES string of the molecule is Oc1ccc(/N=C/c2ccc3ccccc3c2)cc1. The van der Waals surface area contributed by atoms with Crippen molar-refractivity contribution >= 4 is 22.7 Å². The molecule has 0 spiro atoms. The number of phenols is 1. The second-order valence-corrected chi connectivity index (χ2v) is 4.38. The molecule has 0 aliphatic heterocycles. The average molecular weight is 247 g/mol. The molecule has 0 aliphatic carbocycles. The van der Waals surface area contributed by atoms with E-state index in [-0.39, 0.29) is 5.75 Å². The number of phenolic OH excluding ortho intramolecular Hbond substituents is 1. The van der Waals surface area contributed by atoms with Crippen LogP contribution in [0.25, 0.3) is 10.8 Å². The van der Waals surface area contributed by atoms with E-state index < -0.39 is 0 Å². The third-order valence-corrected chi connectivity index (χ3v) is 2.99. The molecular weight excluding hydrogens is 234 g/mol. The van der Waals surface area contributed by atoms with Crippen molar-refractivity contribution in [3.8, 4) is 5.75 Å². The first kappa shape index (κ1) is 11.5. The zero-order chi connectivity index (χ0) is 13.1. The van der Waals surface area contributed by atoms with Crippen LogP contribution in [0.1, 0.15) is 5.56 Å². The van der Waals surface area contributed by atoms with E-state index >= 15 is 0 Å². The highest BCUT2D eigenvalue weighted by Crippen LogP contribution is 2.18. The highest BCUT2D eigenvalue weighted by atomic mass is 16.3. The summed E-state index contributed by atoms with van der Waals surface area (Å²) in [5.74, 6) is 0.254. The Balaban J connectivity index is 1.90. The van der Waals surface area contributed by atoms with Gasteiger partial charge in [0.05, 0.1) is 5.69 Å². The first-order valence-electron chi connectivity index (χ1n) is 6.13. The number of benzene rings is 3. The fraction of sp³-hybridized carbons (Fsp3) is 0. The van der Waals surface area contributed by atoms with E-state index in [1.54, 1.807) is 24.3 Å². The highest BCUT2D eigenvalue weighted by Gasteiger charge is 1.94. The van der Waals surface area contributed by atoms with Crippen LogP contribution in [0, 0.1) is 0 Å². The Kier molecular flexibility index (Phi) is 2.99. The molecule has 0 heterocycles. The lowest BCUT2D eigenvalue weighted by atomic mass is 10.1. The number of nitrogens with zero attached hydrogens (tertiary/aromatic N) is 1. The predicted octanol–water partition coefficient (Wildman–Crippen LogP) is 4.30. The molecule has 19 heavy (non-hydrogen) atoms. The van der Waals surface area contributed by atoms with Crippen molar-refractivity contribution in [2.75, 3.05) is 0 Å². The normalized spacial score (nSPS) is 11.2. The van der Waals surface area contributed by atoms with Crippen LogP contribution >= 0.6 is 0 Å². The Morgan fingerprint density at radius 2 is 1.53 bits per heavy atom. The molecule has 0 saturated heterocycles. The van der Waals surface area contributed by atoms with E-state index in [1.165, 1.54) is 10.8 Å². The summed E-state index contributed by atoms with van der Waals surface area (Å²) in [6, 6.07) is 21.3. The van der Waals surface area contributed by atoms with Crippen molar-refractivity contribution in [2.45, 2.75) is 0 Å². The van der Waals surface area contributed by atoms with Crippen LogP contribution in [-0.2, 0) is 0 Å². The number of hydrogen-bond acceptors (Lipinski definition) is 2. The summed E-state index contributed by atoms with van der Waals surface area (Å²) in [5.41, 5.74) is 1.89. The van der Waals surface area contributed by atoms with Gasteiger partial charge in [0.15, 0.2) is 0 Å². The minimum Gasteiger partial charge on any atom is -0.508 e. The maximum atomic E-state index is 9.21. The highest BCUT2D eigenvalue weighted by molar-refractivity contribution is 5.91. The van der Waals surface area contributed by atoms with E-state index in [9.17, 15) is 5.11 Å². The molecule has 0 aromatic heterocycles. The molecule has 3 rings (SSSR count). The van der Waals surface area contributed by atoms with Crippen molar-refractivity contribution in [1.29, 1.82) is 0 Å². The molecule has 0 bridgehead atoms. The number of rotatable bonds is 2. The van der Waals surface area contributed by atoms with Crippen molar-refractivity contribution in [3.05, 3.63) is 72.3 Å². The molecule has 0 unspecified atom stereocenters. The van der Waals surface area contributed by atoms with Gasteiger partial charge in [-0.25, -0.2) is 0 Å². The molecule has 0 aliphatic rings. The molecule has 2 nitrogen and oxygen atoms in total. The summed E-state index contributed by atoms with van der Waals surface area (Å²) in [4.78, 5) is 4.39. The van der Waals surface area contributed by atoms with E-state index in [4.69, 9.17) is 0 Å². The van der Waals surface area contributed by atoms with Gasteiger partial charge in [0.25, 0.3) is 0 Å². The summed E-state index contributed by atoms with van der Waals surface area (Å²) in [7, 11) is 0. The first-order chi connectivity index (χ1) is 9.31. The van der Waals surface area contributed by atoms with E-state index in [0.717, 1.165) is 11.3 Å². The Bertz CT molecular complexity index is 730. The van der Waals surface area contributed by atoms with Crippen LogP contribution in [-0.4, -0.2) is 11.3 Å². The molecule has 0 atom stereocenters. The van der Waals surface area contributed by atoms with Crippen LogP contribution in [0.15, 0.2) is 71.7 Å². The summed E-state index contributed by atoms with van der Waals surface area (Å²) in [6.07, 6.45) is 1.83. The fourth-order valence-corrected chi connectivity index (χ4v) is 1.98. The van der Waals surface area contributed by atoms with Crippen LogP contribution in [0.5, 0.6) is 5.75 Å². The lowest BCUT2D eigenvalue weighted by molar-refractivity contribution is 0.475. The fourth-order valence-electron chi connectivity index (χ4n) is 1.98. The quantitative estimate of drug-likeness (QED) is 0.673. The molecule has 3 aromatic rings. The van der Waals surface area contributed by atoms with Crippen LogP contribution in [0.3, 0.4) is 0 Å². The zero-order valence-electron chi connectivity index (χ0n) is 10.3. The largest absolute Gasteiger partial charge is 0.508 e. The van der Waals surface area contributed by atoms with Gasteiger partial charge in [-0.05, 0) is 46.7 Å². The number of fused-ring (bicyclic) bond motifs is 1. The maximum absolute atomic E-state index is 9.21. The number of aromatic hydroxyl groups is 1. The smallest absolute Gasteiger partial charge is 0.115 e. The number of hydrogen-bond donors (Lipinski definition) is 1. The lowest BCUT2D eigenvalue weighted by Gasteiger charge is -1.99. The zero-order valence-corrected chi connectivity index (χ0v) is 10.3. The van der Waals surface area contributed by atoms with Gasteiger partial charge in [0.1, 0.15) is 5.75 Å². The maximum Gasteiger partial charge on any atom is 0.115 e. The van der Waals surface area contributed by atoms with Gasteiger partial charge in [0.2, 0.25) is 0 Å². The van der Waals surface area contributed by atoms with Gasteiger partial charge >= 0.3 is 0 Å². The Morgan fingerprint density at radius 3 is 2.32 bits per heavy atom. The minimum atomic E-state index is 0.254. The number of aliphatic imine (C=N–C) groups is 1. The second kappa shape index (κ2) is 4.94. The Hall–Kier alpha value is -2.61. The standard InChI is InChI=1S/C17H13NO/c19-17-9-7-16(8-10-17)18-12-13-5-6-14-3-1-2-4-15(14)11-13/h1-12,19H/b18-12+. The van der Waals surface area contributed by atoms with Gasteiger partial charge in [-0.15, -0.1) is 0 Å². The molecule has 1 N–H and O–H groups in total. The summed E-state index contributed by atoms with van der Waals surface area (Å²) in [5, 5.41) is 11.6. The third kappa shape index (κ3) is 2.63. The third-order valence-electron chi connectivity index (χ3n) is 2.99. The molecular formula is C17H13NO. The van der Waals surface area contributed by atoms with Gasteiger partial charge in [-0.2, -0.15) is 0 Å². The molecule has 0 fully saturated rings. The van der Waals surface area contributed by atoms with Crippen LogP contribution < -0.4 is 0 Å². The summed E-state index contributed by atoms with van der Waals surface area (Å²) >= 11 is 0. The van der Waals surface area contributed by atoms with Gasteiger partial charge in [-0.3, -0.25) is 4.99 Å². The van der Waals surface area contributed by atoms with Crippen LogP contribution in [0.2, 0.25) is 0 Å². The molecule has 0 amide bonds. The van der Waals surface area contributed by atoms with Gasteiger partial charge in [-0.1, -0.05) is 36.4 Å². The monoisotopic (exact) mass is 247 g/mol. The van der Waals surface area contributed by atoms with E-state index in [0.29, 0.717) is 0 Å². The van der Waals surface area contributed by atoms with Gasteiger partial charge in [0, 0.05) is 6.21 Å². The van der Waals surface area contributed by atoms with E-state index in [1.807, 2.05) is 24.4 Å².